The van der Waals surface area contributed by atoms with Crippen molar-refractivity contribution in [3.63, 3.8) is 0 Å². The van der Waals surface area contributed by atoms with Crippen molar-refractivity contribution in [3.05, 3.63) is 30.3 Å². The van der Waals surface area contributed by atoms with Crippen LogP contribution < -0.4 is 10.2 Å². The molecule has 2 unspecified atom stereocenters. The Hall–Kier alpha value is -1.06. The van der Waals surface area contributed by atoms with Gasteiger partial charge in [-0.2, -0.15) is 0 Å². The molecule has 19 heavy (non-hydrogen) atoms. The van der Waals surface area contributed by atoms with Crippen LogP contribution in [0.15, 0.2) is 30.3 Å². The van der Waals surface area contributed by atoms with Crippen LogP contribution in [0.4, 0.5) is 5.69 Å². The topological polar surface area (TPSA) is 35.5 Å². The number of nitrogens with zero attached hydrogens (tertiary/aromatic N) is 1. The first-order chi connectivity index (χ1) is 9.20. The number of aliphatic hydroxyl groups is 1. The van der Waals surface area contributed by atoms with Crippen LogP contribution >= 0.6 is 0 Å². The molecule has 1 aliphatic heterocycles. The van der Waals surface area contributed by atoms with Crippen LogP contribution in [0.1, 0.15) is 26.7 Å². The van der Waals surface area contributed by atoms with Crippen molar-refractivity contribution in [2.75, 3.05) is 24.6 Å². The summed E-state index contributed by atoms with van der Waals surface area (Å²) in [6, 6.07) is 11.6. The number of hydrogen-bond acceptors (Lipinski definition) is 3. The van der Waals surface area contributed by atoms with E-state index in [1.165, 1.54) is 18.5 Å². The lowest BCUT2D eigenvalue weighted by atomic mass is 9.99. The van der Waals surface area contributed by atoms with Gasteiger partial charge in [-0.3, -0.25) is 0 Å². The molecule has 0 bridgehead atoms. The average molecular weight is 262 g/mol. The molecule has 0 aliphatic carbocycles. The van der Waals surface area contributed by atoms with E-state index in [1.807, 2.05) is 0 Å². The molecule has 3 heteroatoms. The van der Waals surface area contributed by atoms with Gasteiger partial charge in [-0.25, -0.2) is 0 Å². The second kappa shape index (κ2) is 6.92. The molecule has 0 amide bonds. The minimum atomic E-state index is 0.261. The predicted octanol–water partition coefficient (Wildman–Crippen LogP) is 2.26. The van der Waals surface area contributed by atoms with E-state index in [-0.39, 0.29) is 6.61 Å². The maximum absolute atomic E-state index is 9.18. The van der Waals surface area contributed by atoms with Crippen LogP contribution in [-0.4, -0.2) is 36.9 Å². The summed E-state index contributed by atoms with van der Waals surface area (Å²) >= 11 is 0. The Morgan fingerprint density at radius 2 is 1.84 bits per heavy atom. The molecule has 0 radical (unpaired) electrons. The zero-order valence-electron chi connectivity index (χ0n) is 12.0. The number of nitrogens with one attached hydrogen (secondary N) is 1. The Morgan fingerprint density at radius 3 is 2.42 bits per heavy atom. The lowest BCUT2D eigenvalue weighted by Gasteiger charge is -2.36. The molecule has 1 saturated heterocycles. The third-order valence-electron chi connectivity index (χ3n) is 4.26. The normalized spacial score (nSPS) is 20.3. The number of benzene rings is 1. The summed E-state index contributed by atoms with van der Waals surface area (Å²) in [6.45, 7) is 6.75. The lowest BCUT2D eigenvalue weighted by molar-refractivity contribution is 0.196. The number of para-hydroxylation sites is 1. The predicted molar refractivity (Wildman–Crippen MR) is 80.5 cm³/mol. The van der Waals surface area contributed by atoms with Crippen molar-refractivity contribution in [1.29, 1.82) is 0 Å². The fourth-order valence-electron chi connectivity index (χ4n) is 2.64. The van der Waals surface area contributed by atoms with Gasteiger partial charge < -0.3 is 15.3 Å². The molecule has 1 aromatic carbocycles. The lowest BCUT2D eigenvalue weighted by Crippen LogP contribution is -2.47. The molecular weight excluding hydrogens is 236 g/mol. The highest BCUT2D eigenvalue weighted by molar-refractivity contribution is 5.46. The number of hydrogen-bond donors (Lipinski definition) is 2. The number of anilines is 1. The van der Waals surface area contributed by atoms with Crippen LogP contribution in [0.25, 0.3) is 0 Å². The molecule has 1 aliphatic rings. The zero-order valence-corrected chi connectivity index (χ0v) is 12.0. The molecule has 3 nitrogen and oxygen atoms in total. The third-order valence-corrected chi connectivity index (χ3v) is 4.26. The zero-order chi connectivity index (χ0) is 13.7. The van der Waals surface area contributed by atoms with Gasteiger partial charge in [0, 0.05) is 37.5 Å². The Labute approximate surface area is 116 Å². The maximum atomic E-state index is 9.18. The van der Waals surface area contributed by atoms with Gasteiger partial charge in [0.05, 0.1) is 0 Å². The highest BCUT2D eigenvalue weighted by atomic mass is 16.3. The summed E-state index contributed by atoms with van der Waals surface area (Å²) in [6.07, 6.45) is 2.36. The van der Waals surface area contributed by atoms with Gasteiger partial charge in [0.2, 0.25) is 0 Å². The van der Waals surface area contributed by atoms with E-state index in [9.17, 15) is 5.11 Å². The van der Waals surface area contributed by atoms with Gasteiger partial charge in [-0.05, 0) is 37.8 Å². The molecule has 0 saturated carbocycles. The SMILES string of the molecule is CC(CO)C(C)NC1CCN(c2ccccc2)CC1. The standard InChI is InChI=1S/C16H26N2O/c1-13(12-19)14(2)17-15-8-10-18(11-9-15)16-6-4-3-5-7-16/h3-7,13-15,17,19H,8-12H2,1-2H3. The second-order valence-corrected chi connectivity index (χ2v) is 5.71. The van der Waals surface area contributed by atoms with Crippen LogP contribution in [0, 0.1) is 5.92 Å². The largest absolute Gasteiger partial charge is 0.396 e. The molecule has 0 spiro atoms. The quantitative estimate of drug-likeness (QED) is 0.854. The monoisotopic (exact) mass is 262 g/mol. The number of rotatable bonds is 5. The highest BCUT2D eigenvalue weighted by Gasteiger charge is 2.22. The van der Waals surface area contributed by atoms with E-state index in [4.69, 9.17) is 0 Å². The van der Waals surface area contributed by atoms with E-state index < -0.39 is 0 Å². The maximum Gasteiger partial charge on any atom is 0.0471 e. The van der Waals surface area contributed by atoms with Crippen LogP contribution in [0.3, 0.4) is 0 Å². The molecule has 0 aromatic heterocycles. The van der Waals surface area contributed by atoms with E-state index in [2.05, 4.69) is 54.4 Å². The summed E-state index contributed by atoms with van der Waals surface area (Å²) < 4.78 is 0. The van der Waals surface area contributed by atoms with E-state index in [1.54, 1.807) is 0 Å². The fourth-order valence-corrected chi connectivity index (χ4v) is 2.64. The Morgan fingerprint density at radius 1 is 1.21 bits per heavy atom. The van der Waals surface area contributed by atoms with Crippen molar-refractivity contribution in [1.82, 2.24) is 5.32 Å². The molecule has 106 valence electrons. The summed E-state index contributed by atoms with van der Waals surface area (Å²) in [5.41, 5.74) is 1.33. The first-order valence-corrected chi connectivity index (χ1v) is 7.37. The van der Waals surface area contributed by atoms with Crippen LogP contribution in [0.2, 0.25) is 0 Å². The van der Waals surface area contributed by atoms with Crippen molar-refractivity contribution < 1.29 is 5.11 Å². The number of aliphatic hydroxyl groups excluding tert-OH is 1. The van der Waals surface area contributed by atoms with Gasteiger partial charge in [0.25, 0.3) is 0 Å². The van der Waals surface area contributed by atoms with Crippen molar-refractivity contribution in [2.24, 2.45) is 5.92 Å². The van der Waals surface area contributed by atoms with Gasteiger partial charge >= 0.3 is 0 Å². The minimum Gasteiger partial charge on any atom is -0.396 e. The Bertz CT molecular complexity index is 360. The summed E-state index contributed by atoms with van der Waals surface area (Å²) in [5, 5.41) is 12.8. The van der Waals surface area contributed by atoms with E-state index >= 15 is 0 Å². The first kappa shape index (κ1) is 14.4. The molecular formula is C16H26N2O. The van der Waals surface area contributed by atoms with Gasteiger partial charge in [-0.15, -0.1) is 0 Å². The van der Waals surface area contributed by atoms with Gasteiger partial charge in [0.1, 0.15) is 0 Å². The van der Waals surface area contributed by atoms with Gasteiger partial charge in [-0.1, -0.05) is 25.1 Å². The van der Waals surface area contributed by atoms with Crippen molar-refractivity contribution in [3.8, 4) is 0 Å². The summed E-state index contributed by atoms with van der Waals surface area (Å²) in [5.74, 6) is 0.326. The molecule has 2 atom stereocenters. The Balaban J connectivity index is 1.80. The molecule has 2 N–H and O–H groups in total. The highest BCUT2D eigenvalue weighted by Crippen LogP contribution is 2.20. The number of piperidine rings is 1. The van der Waals surface area contributed by atoms with Crippen LogP contribution in [-0.2, 0) is 0 Å². The molecule has 1 aromatic rings. The smallest absolute Gasteiger partial charge is 0.0471 e. The van der Waals surface area contributed by atoms with Gasteiger partial charge in [0.15, 0.2) is 0 Å². The van der Waals surface area contributed by atoms with E-state index in [0.717, 1.165) is 13.1 Å². The summed E-state index contributed by atoms with van der Waals surface area (Å²) in [7, 11) is 0. The van der Waals surface area contributed by atoms with Crippen LogP contribution in [0.5, 0.6) is 0 Å². The van der Waals surface area contributed by atoms with Crippen molar-refractivity contribution in [2.45, 2.75) is 38.8 Å². The molecule has 2 rings (SSSR count). The van der Waals surface area contributed by atoms with Crippen molar-refractivity contribution >= 4 is 5.69 Å². The summed E-state index contributed by atoms with van der Waals surface area (Å²) in [4.78, 5) is 2.46. The first-order valence-electron chi connectivity index (χ1n) is 7.37. The second-order valence-electron chi connectivity index (χ2n) is 5.71. The molecule has 1 heterocycles. The van der Waals surface area contributed by atoms with E-state index in [0.29, 0.717) is 18.0 Å². The third kappa shape index (κ3) is 3.95. The fraction of sp³-hybridized carbons (Fsp3) is 0.625. The minimum absolute atomic E-state index is 0.261. The average Bonchev–Trinajstić information content (AvgIpc) is 2.48. The Kier molecular flexibility index (Phi) is 5.23. The molecule has 1 fully saturated rings.